The van der Waals surface area contributed by atoms with Gasteiger partial charge in [-0.15, -0.1) is 0 Å². The van der Waals surface area contributed by atoms with Crippen molar-refractivity contribution in [3.05, 3.63) is 60.4 Å². The summed E-state index contributed by atoms with van der Waals surface area (Å²) in [5.41, 5.74) is 10.0. The van der Waals surface area contributed by atoms with Gasteiger partial charge in [-0.05, 0) is 37.6 Å². The highest BCUT2D eigenvalue weighted by Crippen LogP contribution is 2.29. The summed E-state index contributed by atoms with van der Waals surface area (Å²) >= 11 is 0. The summed E-state index contributed by atoms with van der Waals surface area (Å²) in [5, 5.41) is 4.52. The van der Waals surface area contributed by atoms with E-state index in [0.717, 1.165) is 49.5 Å². The van der Waals surface area contributed by atoms with Crippen molar-refractivity contribution in [3.8, 4) is 11.5 Å². The molecule has 0 aliphatic carbocycles. The Morgan fingerprint density at radius 1 is 1.22 bits per heavy atom. The van der Waals surface area contributed by atoms with Crippen LogP contribution >= 0.6 is 0 Å². The van der Waals surface area contributed by atoms with Gasteiger partial charge in [-0.25, -0.2) is 4.98 Å². The molecule has 4 aromatic heterocycles. The third-order valence-electron chi connectivity index (χ3n) is 5.16. The van der Waals surface area contributed by atoms with Crippen molar-refractivity contribution in [3.63, 3.8) is 0 Å². The lowest BCUT2D eigenvalue weighted by molar-refractivity contribution is 0.198. The van der Waals surface area contributed by atoms with Crippen LogP contribution in [-0.2, 0) is 6.54 Å². The van der Waals surface area contributed by atoms with Crippen LogP contribution in [0.2, 0.25) is 0 Å². The third-order valence-corrected chi connectivity index (χ3v) is 5.16. The van der Waals surface area contributed by atoms with Gasteiger partial charge in [0, 0.05) is 36.7 Å². The monoisotopic (exact) mass is 363 g/mol. The fourth-order valence-corrected chi connectivity index (χ4v) is 3.85. The summed E-state index contributed by atoms with van der Waals surface area (Å²) in [4.78, 5) is 7.31. The van der Waals surface area contributed by atoms with Gasteiger partial charge >= 0.3 is 0 Å². The smallest absolute Gasteiger partial charge is 0.158 e. The SMILES string of the molecule is Nc1cc([C@H]2CCCN(Cc3ccoc3)C2)nc2cc(-c3ccco3)nn12. The molecule has 7 nitrogen and oxygen atoms in total. The molecule has 27 heavy (non-hydrogen) atoms. The lowest BCUT2D eigenvalue weighted by Crippen LogP contribution is -2.34. The summed E-state index contributed by atoms with van der Waals surface area (Å²) in [6, 6.07) is 9.63. The van der Waals surface area contributed by atoms with Crippen LogP contribution in [0.1, 0.15) is 30.0 Å². The second-order valence-corrected chi connectivity index (χ2v) is 7.09. The predicted molar refractivity (Wildman–Crippen MR) is 101 cm³/mol. The molecule has 1 aliphatic rings. The van der Waals surface area contributed by atoms with Crippen LogP contribution in [0.4, 0.5) is 5.82 Å². The Morgan fingerprint density at radius 2 is 2.19 bits per heavy atom. The Bertz CT molecular complexity index is 1040. The zero-order valence-corrected chi connectivity index (χ0v) is 14.9. The maximum absolute atomic E-state index is 6.28. The molecule has 7 heteroatoms. The topological polar surface area (TPSA) is 85.7 Å². The molecular formula is C20H21N5O2. The first-order valence-electron chi connectivity index (χ1n) is 9.20. The maximum atomic E-state index is 6.28. The second-order valence-electron chi connectivity index (χ2n) is 7.09. The van der Waals surface area contributed by atoms with E-state index in [0.29, 0.717) is 17.5 Å². The van der Waals surface area contributed by atoms with Crippen molar-refractivity contribution in [1.29, 1.82) is 0 Å². The van der Waals surface area contributed by atoms with Gasteiger partial charge in [-0.2, -0.15) is 9.61 Å². The van der Waals surface area contributed by atoms with Gasteiger partial charge in [0.25, 0.3) is 0 Å². The minimum Gasteiger partial charge on any atom is -0.472 e. The van der Waals surface area contributed by atoms with E-state index in [1.54, 1.807) is 17.0 Å². The zero-order chi connectivity index (χ0) is 18.2. The number of hydrogen-bond acceptors (Lipinski definition) is 6. The third kappa shape index (κ3) is 3.10. The average Bonchev–Trinajstić information content (AvgIpc) is 3.43. The van der Waals surface area contributed by atoms with E-state index >= 15 is 0 Å². The minimum atomic E-state index is 0.361. The first kappa shape index (κ1) is 16.1. The van der Waals surface area contributed by atoms with Gasteiger partial charge in [-0.1, -0.05) is 0 Å². The molecule has 0 unspecified atom stereocenters. The molecule has 1 saturated heterocycles. The van der Waals surface area contributed by atoms with E-state index < -0.39 is 0 Å². The molecule has 0 spiro atoms. The Labute approximate surface area is 156 Å². The number of fused-ring (bicyclic) bond motifs is 1. The Kier molecular flexibility index (Phi) is 3.94. The average molecular weight is 363 g/mol. The fraction of sp³-hybridized carbons (Fsp3) is 0.300. The molecule has 1 aliphatic heterocycles. The van der Waals surface area contributed by atoms with E-state index in [9.17, 15) is 0 Å². The van der Waals surface area contributed by atoms with Crippen molar-refractivity contribution >= 4 is 11.5 Å². The molecule has 5 rings (SSSR count). The second kappa shape index (κ2) is 6.59. The minimum absolute atomic E-state index is 0.361. The number of hydrogen-bond donors (Lipinski definition) is 1. The van der Waals surface area contributed by atoms with Crippen LogP contribution in [0.3, 0.4) is 0 Å². The standard InChI is InChI=1S/C20H21N5O2/c21-19-9-16(15-3-1-6-24(12-15)11-14-5-8-26-13-14)22-20-10-17(23-25(19)20)18-4-2-7-27-18/h2,4-5,7-10,13,15H,1,3,6,11-12,21H2/t15-/m0/s1. The Balaban J connectivity index is 1.42. The molecule has 2 N–H and O–H groups in total. The molecule has 0 amide bonds. The van der Waals surface area contributed by atoms with Crippen LogP contribution in [0.25, 0.3) is 17.1 Å². The number of anilines is 1. The molecule has 4 aromatic rings. The van der Waals surface area contributed by atoms with Crippen LogP contribution in [0.5, 0.6) is 0 Å². The van der Waals surface area contributed by atoms with E-state index in [1.165, 1.54) is 5.56 Å². The van der Waals surface area contributed by atoms with E-state index in [2.05, 4.69) is 10.00 Å². The van der Waals surface area contributed by atoms with Gasteiger partial charge in [-0.3, -0.25) is 4.90 Å². The van der Waals surface area contributed by atoms with Crippen LogP contribution in [0.15, 0.2) is 58.0 Å². The van der Waals surface area contributed by atoms with Crippen molar-refractivity contribution in [2.75, 3.05) is 18.8 Å². The molecule has 0 radical (unpaired) electrons. The highest BCUT2D eigenvalue weighted by atomic mass is 16.3. The number of nitrogens with two attached hydrogens (primary N) is 1. The summed E-state index contributed by atoms with van der Waals surface area (Å²) in [7, 11) is 0. The molecular weight excluding hydrogens is 342 g/mol. The number of nitrogen functional groups attached to an aromatic ring is 1. The number of furan rings is 2. The molecule has 0 aromatic carbocycles. The molecule has 5 heterocycles. The number of nitrogens with zero attached hydrogens (tertiary/aromatic N) is 4. The van der Waals surface area contributed by atoms with Crippen LogP contribution < -0.4 is 5.73 Å². The molecule has 1 atom stereocenters. The largest absolute Gasteiger partial charge is 0.472 e. The first-order chi connectivity index (χ1) is 13.3. The van der Waals surface area contributed by atoms with Gasteiger partial charge in [0.05, 0.1) is 24.5 Å². The molecule has 1 fully saturated rings. The molecule has 0 saturated carbocycles. The quantitative estimate of drug-likeness (QED) is 0.597. The van der Waals surface area contributed by atoms with Gasteiger partial charge < -0.3 is 14.6 Å². The molecule has 138 valence electrons. The van der Waals surface area contributed by atoms with Crippen molar-refractivity contribution in [2.24, 2.45) is 0 Å². The van der Waals surface area contributed by atoms with Crippen molar-refractivity contribution in [2.45, 2.75) is 25.3 Å². The van der Waals surface area contributed by atoms with Gasteiger partial charge in [0.15, 0.2) is 11.4 Å². The van der Waals surface area contributed by atoms with E-state index in [-0.39, 0.29) is 0 Å². The van der Waals surface area contributed by atoms with Crippen molar-refractivity contribution < 1.29 is 8.83 Å². The van der Waals surface area contributed by atoms with Crippen molar-refractivity contribution in [1.82, 2.24) is 19.5 Å². The highest BCUT2D eigenvalue weighted by Gasteiger charge is 2.24. The van der Waals surface area contributed by atoms with Gasteiger partial charge in [0.2, 0.25) is 0 Å². The van der Waals surface area contributed by atoms with Gasteiger partial charge in [0.1, 0.15) is 11.5 Å². The maximum Gasteiger partial charge on any atom is 0.158 e. The molecule has 0 bridgehead atoms. The number of aromatic nitrogens is 3. The normalized spacial score (nSPS) is 18.3. The van der Waals surface area contributed by atoms with E-state index in [4.69, 9.17) is 19.6 Å². The van der Waals surface area contributed by atoms with Crippen LogP contribution in [-0.4, -0.2) is 32.6 Å². The number of rotatable bonds is 4. The number of likely N-dealkylation sites (tertiary alicyclic amines) is 1. The summed E-state index contributed by atoms with van der Waals surface area (Å²) in [6.45, 7) is 2.96. The lowest BCUT2D eigenvalue weighted by atomic mass is 9.94. The lowest BCUT2D eigenvalue weighted by Gasteiger charge is -2.32. The Hall–Kier alpha value is -3.06. The predicted octanol–water partition coefficient (Wildman–Crippen LogP) is 3.54. The first-order valence-corrected chi connectivity index (χ1v) is 9.20. The summed E-state index contributed by atoms with van der Waals surface area (Å²) < 4.78 is 12.3. The zero-order valence-electron chi connectivity index (χ0n) is 14.9. The number of piperidine rings is 1. The van der Waals surface area contributed by atoms with E-state index in [1.807, 2.05) is 36.6 Å². The highest BCUT2D eigenvalue weighted by molar-refractivity contribution is 5.61. The Morgan fingerprint density at radius 3 is 3.00 bits per heavy atom. The fourth-order valence-electron chi connectivity index (χ4n) is 3.85. The van der Waals surface area contributed by atoms with Crippen LogP contribution in [0, 0.1) is 0 Å². The summed E-state index contributed by atoms with van der Waals surface area (Å²) in [5.74, 6) is 1.67. The summed E-state index contributed by atoms with van der Waals surface area (Å²) in [6.07, 6.45) is 7.44.